The lowest BCUT2D eigenvalue weighted by atomic mass is 10.00. The van der Waals surface area contributed by atoms with Crippen LogP contribution in [0, 0.1) is 0 Å². The molecule has 0 unspecified atom stereocenters. The number of benzene rings is 1. The minimum atomic E-state index is -0.333. The number of rotatable bonds is 4. The molecule has 2 nitrogen and oxygen atoms in total. The number of hydrogen-bond donors (Lipinski definition) is 0. The quantitative estimate of drug-likeness (QED) is 0.765. The van der Waals surface area contributed by atoms with Gasteiger partial charge in [0, 0.05) is 16.0 Å². The first-order chi connectivity index (χ1) is 9.22. The number of carbonyl (C=O) groups excluding carboxylic acids is 1. The van der Waals surface area contributed by atoms with Gasteiger partial charge in [-0.1, -0.05) is 55.6 Å². The van der Waals surface area contributed by atoms with Gasteiger partial charge in [-0.25, -0.2) is 4.79 Å². The van der Waals surface area contributed by atoms with E-state index in [1.54, 1.807) is 12.2 Å². The van der Waals surface area contributed by atoms with Crippen molar-refractivity contribution in [1.82, 2.24) is 0 Å². The van der Waals surface area contributed by atoms with E-state index in [-0.39, 0.29) is 5.97 Å². The highest BCUT2D eigenvalue weighted by Crippen LogP contribution is 2.38. The molecule has 1 aromatic carbocycles. The number of thiophene rings is 1. The third kappa shape index (κ3) is 2.37. The molecule has 0 aliphatic carbocycles. The van der Waals surface area contributed by atoms with E-state index in [0.717, 1.165) is 21.6 Å². The van der Waals surface area contributed by atoms with Gasteiger partial charge in [-0.05, 0) is 5.56 Å². The summed E-state index contributed by atoms with van der Waals surface area (Å²) in [6.45, 7) is 7.61. The van der Waals surface area contributed by atoms with E-state index in [0.29, 0.717) is 4.88 Å². The lowest BCUT2D eigenvalue weighted by Gasteiger charge is -2.04. The molecule has 1 aromatic heterocycles. The van der Waals surface area contributed by atoms with Gasteiger partial charge in [0.25, 0.3) is 0 Å². The van der Waals surface area contributed by atoms with Crippen LogP contribution in [0.3, 0.4) is 0 Å². The van der Waals surface area contributed by atoms with Gasteiger partial charge < -0.3 is 4.74 Å². The van der Waals surface area contributed by atoms with Gasteiger partial charge in [0.2, 0.25) is 0 Å². The Balaban J connectivity index is 2.75. The van der Waals surface area contributed by atoms with Crippen molar-refractivity contribution >= 4 is 29.5 Å². The fraction of sp³-hybridized carbons (Fsp3) is 0.0625. The maximum Gasteiger partial charge on any atom is 0.348 e. The highest BCUT2D eigenvalue weighted by atomic mass is 32.1. The largest absolute Gasteiger partial charge is 0.465 e. The summed E-state index contributed by atoms with van der Waals surface area (Å²) >= 11 is 1.37. The molecule has 0 amide bonds. The van der Waals surface area contributed by atoms with E-state index < -0.39 is 0 Å². The van der Waals surface area contributed by atoms with Crippen molar-refractivity contribution in [3.05, 3.63) is 58.8 Å². The summed E-state index contributed by atoms with van der Waals surface area (Å²) in [5.41, 5.74) is 2.76. The Morgan fingerprint density at radius 2 is 1.89 bits per heavy atom. The zero-order chi connectivity index (χ0) is 13.8. The number of ether oxygens (including phenoxy) is 1. The van der Waals surface area contributed by atoms with Gasteiger partial charge in [0.1, 0.15) is 4.88 Å². The lowest BCUT2D eigenvalue weighted by Crippen LogP contribution is -2.00. The van der Waals surface area contributed by atoms with Gasteiger partial charge in [-0.2, -0.15) is 0 Å². The topological polar surface area (TPSA) is 26.3 Å². The minimum absolute atomic E-state index is 0.333. The first-order valence-corrected chi connectivity index (χ1v) is 6.60. The average molecular weight is 270 g/mol. The monoisotopic (exact) mass is 270 g/mol. The molecule has 19 heavy (non-hydrogen) atoms. The van der Waals surface area contributed by atoms with Crippen LogP contribution in [0.1, 0.15) is 20.1 Å². The second kappa shape index (κ2) is 5.67. The van der Waals surface area contributed by atoms with E-state index in [1.807, 2.05) is 30.3 Å². The second-order valence-electron chi connectivity index (χ2n) is 3.85. The van der Waals surface area contributed by atoms with Crippen molar-refractivity contribution in [2.75, 3.05) is 7.11 Å². The van der Waals surface area contributed by atoms with E-state index in [1.165, 1.54) is 18.4 Å². The molecule has 0 N–H and O–H groups in total. The van der Waals surface area contributed by atoms with E-state index in [9.17, 15) is 4.79 Å². The standard InChI is InChI=1S/C16H14O2S/c1-4-12-13(5-2)19-15(16(17)18-3)14(12)11-9-7-6-8-10-11/h4-10H,1-2H2,3H3. The second-order valence-corrected chi connectivity index (χ2v) is 4.90. The third-order valence-corrected chi connectivity index (χ3v) is 3.98. The minimum Gasteiger partial charge on any atom is -0.465 e. The Kier molecular flexibility index (Phi) is 3.97. The molecule has 3 heteroatoms. The van der Waals surface area contributed by atoms with Gasteiger partial charge >= 0.3 is 5.97 Å². The lowest BCUT2D eigenvalue weighted by molar-refractivity contribution is 0.0607. The van der Waals surface area contributed by atoms with Gasteiger partial charge in [-0.3, -0.25) is 0 Å². The maximum atomic E-state index is 11.9. The Labute approximate surface area is 116 Å². The number of hydrogen-bond acceptors (Lipinski definition) is 3. The molecule has 2 aromatic rings. The normalized spacial score (nSPS) is 9.95. The van der Waals surface area contributed by atoms with Crippen LogP contribution in [-0.2, 0) is 4.74 Å². The van der Waals surface area contributed by atoms with Crippen molar-refractivity contribution in [3.8, 4) is 11.1 Å². The summed E-state index contributed by atoms with van der Waals surface area (Å²) in [5.74, 6) is -0.333. The van der Waals surface area contributed by atoms with Gasteiger partial charge in [0.15, 0.2) is 0 Å². The molecule has 0 aliphatic heterocycles. The summed E-state index contributed by atoms with van der Waals surface area (Å²) in [5, 5.41) is 0. The Morgan fingerprint density at radius 3 is 2.42 bits per heavy atom. The molecule has 1 heterocycles. The Hall–Kier alpha value is -2.13. The molecule has 0 atom stereocenters. The molecule has 0 saturated heterocycles. The molecule has 0 radical (unpaired) electrons. The summed E-state index contributed by atoms with van der Waals surface area (Å²) in [6.07, 6.45) is 3.49. The summed E-state index contributed by atoms with van der Waals surface area (Å²) in [6, 6.07) is 9.75. The highest BCUT2D eigenvalue weighted by Gasteiger charge is 2.21. The van der Waals surface area contributed by atoms with Crippen LogP contribution in [0.5, 0.6) is 0 Å². The maximum absolute atomic E-state index is 11.9. The summed E-state index contributed by atoms with van der Waals surface area (Å²) < 4.78 is 4.86. The predicted octanol–water partition coefficient (Wildman–Crippen LogP) is 4.49. The first kappa shape index (κ1) is 13.3. The van der Waals surface area contributed by atoms with Crippen molar-refractivity contribution in [2.24, 2.45) is 0 Å². The average Bonchev–Trinajstić information content (AvgIpc) is 2.85. The van der Waals surface area contributed by atoms with Crippen LogP contribution < -0.4 is 0 Å². The van der Waals surface area contributed by atoms with E-state index in [2.05, 4.69) is 13.2 Å². The molecule has 0 bridgehead atoms. The Morgan fingerprint density at radius 1 is 1.21 bits per heavy atom. The van der Waals surface area contributed by atoms with E-state index in [4.69, 9.17) is 4.74 Å². The summed E-state index contributed by atoms with van der Waals surface area (Å²) in [7, 11) is 1.39. The fourth-order valence-corrected chi connectivity index (χ4v) is 3.04. The number of methoxy groups -OCH3 is 1. The summed E-state index contributed by atoms with van der Waals surface area (Å²) in [4.78, 5) is 13.4. The van der Waals surface area contributed by atoms with Gasteiger partial charge in [0.05, 0.1) is 7.11 Å². The Bertz CT molecular complexity index is 624. The zero-order valence-electron chi connectivity index (χ0n) is 10.7. The molecule has 2 rings (SSSR count). The van der Waals surface area contributed by atoms with Crippen molar-refractivity contribution in [3.63, 3.8) is 0 Å². The smallest absolute Gasteiger partial charge is 0.348 e. The van der Waals surface area contributed by atoms with Crippen molar-refractivity contribution in [2.45, 2.75) is 0 Å². The van der Waals surface area contributed by atoms with Crippen LogP contribution in [0.4, 0.5) is 0 Å². The number of esters is 1. The molecular formula is C16H14O2S. The van der Waals surface area contributed by atoms with Gasteiger partial charge in [-0.15, -0.1) is 11.3 Å². The SMILES string of the molecule is C=Cc1sc(C(=O)OC)c(-c2ccccc2)c1C=C. The highest BCUT2D eigenvalue weighted by molar-refractivity contribution is 7.15. The van der Waals surface area contributed by atoms with Crippen LogP contribution in [0.25, 0.3) is 23.3 Å². The predicted molar refractivity (Wildman–Crippen MR) is 81.3 cm³/mol. The molecular weight excluding hydrogens is 256 g/mol. The molecule has 96 valence electrons. The zero-order valence-corrected chi connectivity index (χ0v) is 11.5. The van der Waals surface area contributed by atoms with Crippen LogP contribution in [0.2, 0.25) is 0 Å². The van der Waals surface area contributed by atoms with Crippen LogP contribution >= 0.6 is 11.3 Å². The van der Waals surface area contributed by atoms with Crippen LogP contribution in [-0.4, -0.2) is 13.1 Å². The molecule has 0 spiro atoms. The fourth-order valence-electron chi connectivity index (χ4n) is 1.94. The van der Waals surface area contributed by atoms with Crippen LogP contribution in [0.15, 0.2) is 43.5 Å². The van der Waals surface area contributed by atoms with Crippen molar-refractivity contribution in [1.29, 1.82) is 0 Å². The first-order valence-electron chi connectivity index (χ1n) is 5.78. The van der Waals surface area contributed by atoms with Crippen molar-refractivity contribution < 1.29 is 9.53 Å². The van der Waals surface area contributed by atoms with E-state index >= 15 is 0 Å². The molecule has 0 aliphatic rings. The third-order valence-electron chi connectivity index (χ3n) is 2.80. The molecule has 0 saturated carbocycles. The molecule has 0 fully saturated rings. The number of carbonyl (C=O) groups is 1.